The van der Waals surface area contributed by atoms with Gasteiger partial charge < -0.3 is 10.1 Å². The minimum absolute atomic E-state index is 0.0474. The molecule has 6 nitrogen and oxygen atoms in total. The Morgan fingerprint density at radius 3 is 2.54 bits per heavy atom. The summed E-state index contributed by atoms with van der Waals surface area (Å²) in [7, 11) is 0. The Bertz CT molecular complexity index is 1420. The summed E-state index contributed by atoms with van der Waals surface area (Å²) < 4.78 is 44.9. The fourth-order valence-corrected chi connectivity index (χ4v) is 4.35. The highest BCUT2D eigenvalue weighted by Crippen LogP contribution is 2.32. The van der Waals surface area contributed by atoms with Crippen molar-refractivity contribution < 1.29 is 22.7 Å². The van der Waals surface area contributed by atoms with Crippen LogP contribution < -0.4 is 5.32 Å². The lowest BCUT2D eigenvalue weighted by atomic mass is 10.0. The number of amides is 1. The van der Waals surface area contributed by atoms with E-state index in [0.717, 1.165) is 36.3 Å². The van der Waals surface area contributed by atoms with Gasteiger partial charge in [0.2, 0.25) is 5.91 Å². The molecule has 0 unspecified atom stereocenters. The Morgan fingerprint density at radius 1 is 0.946 bits per heavy atom. The van der Waals surface area contributed by atoms with Gasteiger partial charge in [-0.1, -0.05) is 42.5 Å². The summed E-state index contributed by atoms with van der Waals surface area (Å²) in [4.78, 5) is 24.4. The highest BCUT2D eigenvalue weighted by molar-refractivity contribution is 5.95. The van der Waals surface area contributed by atoms with Crippen LogP contribution in [0, 0.1) is 0 Å². The number of para-hydroxylation sites is 1. The lowest BCUT2D eigenvalue weighted by Gasteiger charge is -2.26. The minimum atomic E-state index is -4.44. The standard InChI is InChI=1S/C28H25F3N4O2/c29-28(30,31)22-7-2-5-20(16-22)24-11-10-19-4-1-6-21(27(19)33-24)17-26(36)34-25-9-3-8-23(32-25)18-35-12-14-37-15-13-35/h1-11,16H,12-15,17-18H2,(H,32,34,36). The number of fused-ring (bicyclic) bond motifs is 1. The molecule has 0 spiro atoms. The maximum atomic E-state index is 13.2. The number of alkyl halides is 3. The van der Waals surface area contributed by atoms with E-state index in [9.17, 15) is 18.0 Å². The zero-order valence-corrected chi connectivity index (χ0v) is 20.0. The van der Waals surface area contributed by atoms with Crippen LogP contribution in [-0.4, -0.2) is 47.1 Å². The smallest absolute Gasteiger partial charge is 0.379 e. The van der Waals surface area contributed by atoms with Crippen LogP contribution in [0.1, 0.15) is 16.8 Å². The number of nitrogens with one attached hydrogen (secondary N) is 1. The molecule has 0 bridgehead atoms. The van der Waals surface area contributed by atoms with E-state index < -0.39 is 11.7 Å². The third-order valence-corrected chi connectivity index (χ3v) is 6.20. The van der Waals surface area contributed by atoms with Crippen molar-refractivity contribution >= 4 is 22.6 Å². The largest absolute Gasteiger partial charge is 0.416 e. The van der Waals surface area contributed by atoms with Crippen molar-refractivity contribution in [3.63, 3.8) is 0 Å². The van der Waals surface area contributed by atoms with E-state index in [1.54, 1.807) is 30.3 Å². The van der Waals surface area contributed by atoms with Gasteiger partial charge in [0.25, 0.3) is 0 Å². The van der Waals surface area contributed by atoms with Gasteiger partial charge in [-0.25, -0.2) is 9.97 Å². The lowest BCUT2D eigenvalue weighted by molar-refractivity contribution is -0.137. The number of rotatable bonds is 6. The van der Waals surface area contributed by atoms with Crippen LogP contribution in [0.3, 0.4) is 0 Å². The summed E-state index contributed by atoms with van der Waals surface area (Å²) in [5.41, 5.74) is 2.14. The van der Waals surface area contributed by atoms with E-state index in [1.165, 1.54) is 6.07 Å². The number of hydrogen-bond donors (Lipinski definition) is 1. The van der Waals surface area contributed by atoms with Crippen LogP contribution in [0.5, 0.6) is 0 Å². The van der Waals surface area contributed by atoms with Crippen LogP contribution in [-0.2, 0) is 28.7 Å². The number of anilines is 1. The summed E-state index contributed by atoms with van der Waals surface area (Å²) in [5, 5.41) is 3.65. The van der Waals surface area contributed by atoms with Gasteiger partial charge in [0.15, 0.2) is 0 Å². The van der Waals surface area contributed by atoms with Gasteiger partial charge >= 0.3 is 6.18 Å². The summed E-state index contributed by atoms with van der Waals surface area (Å²) in [5.74, 6) is 0.211. The molecule has 37 heavy (non-hydrogen) atoms. The highest BCUT2D eigenvalue weighted by Gasteiger charge is 2.30. The molecule has 2 aromatic heterocycles. The van der Waals surface area contributed by atoms with Crippen molar-refractivity contribution in [2.24, 2.45) is 0 Å². The second kappa shape index (κ2) is 10.7. The maximum Gasteiger partial charge on any atom is 0.416 e. The summed E-state index contributed by atoms with van der Waals surface area (Å²) >= 11 is 0. The van der Waals surface area contributed by atoms with Gasteiger partial charge in [-0.15, -0.1) is 0 Å². The number of halogens is 3. The van der Waals surface area contributed by atoms with E-state index in [2.05, 4.69) is 20.2 Å². The third-order valence-electron chi connectivity index (χ3n) is 6.20. The predicted molar refractivity (Wildman–Crippen MR) is 135 cm³/mol. The van der Waals surface area contributed by atoms with E-state index in [-0.39, 0.29) is 12.3 Å². The number of aromatic nitrogens is 2. The number of morpholine rings is 1. The minimum Gasteiger partial charge on any atom is -0.379 e. The van der Waals surface area contributed by atoms with Crippen LogP contribution in [0.2, 0.25) is 0 Å². The molecule has 5 rings (SSSR count). The molecule has 0 radical (unpaired) electrons. The van der Waals surface area contributed by atoms with Crippen LogP contribution in [0.4, 0.5) is 19.0 Å². The second-order valence-corrected chi connectivity index (χ2v) is 8.89. The van der Waals surface area contributed by atoms with Gasteiger partial charge in [-0.2, -0.15) is 13.2 Å². The molecule has 0 atom stereocenters. The second-order valence-electron chi connectivity index (χ2n) is 8.89. The number of pyridine rings is 2. The zero-order chi connectivity index (χ0) is 25.8. The molecule has 1 aliphatic rings. The zero-order valence-electron chi connectivity index (χ0n) is 20.0. The molecule has 1 fully saturated rings. The molecule has 1 saturated heterocycles. The summed E-state index contributed by atoms with van der Waals surface area (Å²) in [6.45, 7) is 3.76. The number of nitrogens with zero attached hydrogens (tertiary/aromatic N) is 3. The molecule has 4 aromatic rings. The number of hydrogen-bond acceptors (Lipinski definition) is 5. The van der Waals surface area contributed by atoms with E-state index in [4.69, 9.17) is 4.74 Å². The third kappa shape index (κ3) is 6.12. The monoisotopic (exact) mass is 506 g/mol. The number of carbonyl (C=O) groups excluding carboxylic acids is 1. The molecule has 3 heterocycles. The van der Waals surface area contributed by atoms with Gasteiger partial charge in [-0.3, -0.25) is 9.69 Å². The van der Waals surface area contributed by atoms with Crippen LogP contribution in [0.25, 0.3) is 22.2 Å². The Hall–Kier alpha value is -3.82. The van der Waals surface area contributed by atoms with Crippen molar-refractivity contribution in [2.45, 2.75) is 19.1 Å². The molecule has 0 aliphatic carbocycles. The first-order valence-corrected chi connectivity index (χ1v) is 12.0. The molecular weight excluding hydrogens is 481 g/mol. The van der Waals surface area contributed by atoms with E-state index in [1.807, 2.05) is 24.3 Å². The fraction of sp³-hybridized carbons (Fsp3) is 0.250. The molecule has 1 amide bonds. The number of carbonyl (C=O) groups is 1. The Morgan fingerprint density at radius 2 is 1.73 bits per heavy atom. The molecule has 1 N–H and O–H groups in total. The molecular formula is C28H25F3N4O2. The lowest BCUT2D eigenvalue weighted by Crippen LogP contribution is -2.35. The van der Waals surface area contributed by atoms with E-state index in [0.29, 0.717) is 47.9 Å². The average Bonchev–Trinajstić information content (AvgIpc) is 2.89. The van der Waals surface area contributed by atoms with Crippen molar-refractivity contribution in [2.75, 3.05) is 31.6 Å². The van der Waals surface area contributed by atoms with Gasteiger partial charge in [-0.05, 0) is 35.9 Å². The molecule has 1 aliphatic heterocycles. The first-order chi connectivity index (χ1) is 17.8. The normalized spacial score (nSPS) is 14.6. The van der Waals surface area contributed by atoms with Crippen LogP contribution in [0.15, 0.2) is 72.8 Å². The van der Waals surface area contributed by atoms with Crippen LogP contribution >= 0.6 is 0 Å². The molecule has 190 valence electrons. The van der Waals surface area contributed by atoms with Crippen molar-refractivity contribution in [3.05, 3.63) is 89.6 Å². The quantitative estimate of drug-likeness (QED) is 0.383. The maximum absolute atomic E-state index is 13.2. The van der Waals surface area contributed by atoms with Crippen molar-refractivity contribution in [1.82, 2.24) is 14.9 Å². The molecule has 9 heteroatoms. The van der Waals surface area contributed by atoms with Crippen molar-refractivity contribution in [1.29, 1.82) is 0 Å². The predicted octanol–water partition coefficient (Wildman–Crippen LogP) is 5.33. The first-order valence-electron chi connectivity index (χ1n) is 12.0. The Balaban J connectivity index is 1.34. The SMILES string of the molecule is O=C(Cc1cccc2ccc(-c3cccc(C(F)(F)F)c3)nc12)Nc1cccc(CN2CCOCC2)n1. The molecule has 0 saturated carbocycles. The summed E-state index contributed by atoms with van der Waals surface area (Å²) in [6.07, 6.45) is -4.39. The summed E-state index contributed by atoms with van der Waals surface area (Å²) in [6, 6.07) is 19.6. The van der Waals surface area contributed by atoms with Gasteiger partial charge in [0, 0.05) is 30.6 Å². The highest BCUT2D eigenvalue weighted by atomic mass is 19.4. The fourth-order valence-electron chi connectivity index (χ4n) is 4.35. The number of benzene rings is 2. The Labute approximate surface area is 212 Å². The first kappa shape index (κ1) is 24.9. The number of ether oxygens (including phenoxy) is 1. The topological polar surface area (TPSA) is 67.4 Å². The van der Waals surface area contributed by atoms with E-state index >= 15 is 0 Å². The Kier molecular flexibility index (Phi) is 7.16. The van der Waals surface area contributed by atoms with Gasteiger partial charge in [0.05, 0.1) is 42.1 Å². The van der Waals surface area contributed by atoms with Crippen molar-refractivity contribution in [3.8, 4) is 11.3 Å². The van der Waals surface area contributed by atoms with Gasteiger partial charge in [0.1, 0.15) is 5.82 Å². The average molecular weight is 507 g/mol. The molecule has 2 aromatic carbocycles.